The minimum absolute atomic E-state index is 0.169. The second-order valence-electron chi connectivity index (χ2n) is 6.15. The van der Waals surface area contributed by atoms with Gasteiger partial charge in [-0.25, -0.2) is 4.39 Å². The van der Waals surface area contributed by atoms with Crippen molar-refractivity contribution in [3.05, 3.63) is 26.3 Å². The minimum atomic E-state index is -0.169. The Morgan fingerprint density at radius 2 is 1.90 bits per heavy atom. The van der Waals surface area contributed by atoms with E-state index in [0.29, 0.717) is 26.2 Å². The van der Waals surface area contributed by atoms with Crippen LogP contribution in [0.1, 0.15) is 39.2 Å². The molecule has 1 N–H and O–H groups in total. The molecule has 1 aromatic heterocycles. The van der Waals surface area contributed by atoms with Gasteiger partial charge in [0.1, 0.15) is 5.82 Å². The second-order valence-corrected chi connectivity index (χ2v) is 7.70. The first-order valence-corrected chi connectivity index (χ1v) is 8.53. The molecule has 0 spiro atoms. The zero-order valence-electron chi connectivity index (χ0n) is 11.6. The summed E-state index contributed by atoms with van der Waals surface area (Å²) in [6.45, 7) is 4.59. The van der Waals surface area contributed by atoms with E-state index in [1.165, 1.54) is 6.42 Å². The van der Waals surface area contributed by atoms with Gasteiger partial charge in [-0.3, -0.25) is 0 Å². The zero-order valence-corrected chi connectivity index (χ0v) is 14.6. The molecule has 20 heavy (non-hydrogen) atoms. The fraction of sp³-hybridized carbons (Fsp3) is 0.533. The molecule has 1 fully saturated rings. The van der Waals surface area contributed by atoms with Crippen LogP contribution >= 0.6 is 34.8 Å². The number of nitrogens with zero attached hydrogens (tertiary/aromatic N) is 1. The van der Waals surface area contributed by atoms with E-state index in [0.717, 1.165) is 23.9 Å². The van der Waals surface area contributed by atoms with E-state index >= 15 is 0 Å². The van der Waals surface area contributed by atoms with Gasteiger partial charge in [-0.1, -0.05) is 13.8 Å². The number of imidazole rings is 1. The molecule has 0 bridgehead atoms. The number of fused-ring (bicyclic) bond motifs is 1. The normalized spacial score (nSPS) is 27.1. The molecule has 0 aliphatic heterocycles. The van der Waals surface area contributed by atoms with Crippen LogP contribution in [0.15, 0.2) is 12.1 Å². The maximum Gasteiger partial charge on any atom is 0.178 e. The average Bonchev–Trinajstić information content (AvgIpc) is 2.64. The first-order valence-electron chi connectivity index (χ1n) is 7.05. The lowest BCUT2D eigenvalue weighted by atomic mass is 9.80. The Balaban J connectivity index is 2.13. The number of nitrogens with one attached hydrogen (secondary N) is 1. The fourth-order valence-electron chi connectivity index (χ4n) is 3.60. The Labute approximate surface area is 136 Å². The lowest BCUT2D eigenvalue weighted by molar-refractivity contribution is 0.223. The Bertz CT molecular complexity index is 696. The number of benzene rings is 1. The van der Waals surface area contributed by atoms with Crippen molar-refractivity contribution in [2.24, 2.45) is 11.8 Å². The van der Waals surface area contributed by atoms with Crippen molar-refractivity contribution in [3.63, 3.8) is 0 Å². The summed E-state index contributed by atoms with van der Waals surface area (Å²) >= 11 is 7.50. The van der Waals surface area contributed by atoms with Crippen LogP contribution in [0.25, 0.3) is 11.0 Å². The van der Waals surface area contributed by atoms with Gasteiger partial charge < -0.3 is 9.55 Å². The van der Waals surface area contributed by atoms with Crippen molar-refractivity contribution in [3.8, 4) is 0 Å². The lowest BCUT2D eigenvalue weighted by Gasteiger charge is -2.32. The van der Waals surface area contributed by atoms with E-state index in [1.807, 2.05) is 28.7 Å². The number of aromatic nitrogens is 2. The van der Waals surface area contributed by atoms with Crippen molar-refractivity contribution >= 4 is 45.8 Å². The monoisotopic (exact) mass is 404 g/mol. The van der Waals surface area contributed by atoms with Gasteiger partial charge in [-0.15, -0.1) is 0 Å². The van der Waals surface area contributed by atoms with E-state index in [-0.39, 0.29) is 5.82 Å². The smallest absolute Gasteiger partial charge is 0.178 e. The molecule has 1 aromatic carbocycles. The first-order chi connectivity index (χ1) is 9.45. The van der Waals surface area contributed by atoms with Crippen LogP contribution in [0.3, 0.4) is 0 Å². The highest BCUT2D eigenvalue weighted by molar-refractivity contribution is 14.1. The van der Waals surface area contributed by atoms with Gasteiger partial charge in [0.15, 0.2) is 4.77 Å². The molecule has 108 valence electrons. The lowest BCUT2D eigenvalue weighted by Crippen LogP contribution is -2.22. The molecule has 0 amide bonds. The van der Waals surface area contributed by atoms with Crippen molar-refractivity contribution in [1.29, 1.82) is 0 Å². The Hall–Kier alpha value is -0.430. The summed E-state index contributed by atoms with van der Waals surface area (Å²) in [6, 6.07) is 3.84. The Kier molecular flexibility index (Phi) is 3.92. The summed E-state index contributed by atoms with van der Waals surface area (Å²) in [5.74, 6) is 1.23. The molecule has 3 rings (SSSR count). The van der Waals surface area contributed by atoms with Crippen LogP contribution in [0.4, 0.5) is 4.39 Å². The van der Waals surface area contributed by atoms with Gasteiger partial charge >= 0.3 is 0 Å². The van der Waals surface area contributed by atoms with Crippen LogP contribution in [-0.4, -0.2) is 9.55 Å². The van der Waals surface area contributed by atoms with Crippen molar-refractivity contribution in [2.45, 2.75) is 39.2 Å². The molecular weight excluding hydrogens is 386 g/mol. The Morgan fingerprint density at radius 1 is 1.25 bits per heavy atom. The molecule has 2 aromatic rings. The minimum Gasteiger partial charge on any atom is -0.331 e. The maximum atomic E-state index is 13.9. The number of halogens is 2. The molecule has 1 aliphatic rings. The van der Waals surface area contributed by atoms with E-state index in [2.05, 4.69) is 23.4 Å². The van der Waals surface area contributed by atoms with Crippen LogP contribution < -0.4 is 0 Å². The third-order valence-corrected chi connectivity index (χ3v) is 5.40. The third kappa shape index (κ3) is 2.54. The number of aromatic amines is 1. The summed E-state index contributed by atoms with van der Waals surface area (Å²) in [5, 5.41) is 0. The van der Waals surface area contributed by atoms with Crippen LogP contribution in [0.2, 0.25) is 0 Å². The number of H-pyrrole nitrogens is 1. The average molecular weight is 404 g/mol. The molecule has 0 saturated heterocycles. The summed E-state index contributed by atoms with van der Waals surface area (Å²) in [5.41, 5.74) is 1.84. The summed E-state index contributed by atoms with van der Waals surface area (Å²) in [6.07, 6.45) is 3.52. The van der Waals surface area contributed by atoms with Crippen molar-refractivity contribution in [2.75, 3.05) is 0 Å². The van der Waals surface area contributed by atoms with Gasteiger partial charge in [0.05, 0.1) is 14.6 Å². The highest BCUT2D eigenvalue weighted by Crippen LogP contribution is 2.38. The first kappa shape index (κ1) is 14.5. The van der Waals surface area contributed by atoms with Crippen LogP contribution in [0.5, 0.6) is 0 Å². The van der Waals surface area contributed by atoms with Crippen LogP contribution in [0, 0.1) is 26.0 Å². The molecular formula is C15H18FIN2S. The highest BCUT2D eigenvalue weighted by atomic mass is 127. The van der Waals surface area contributed by atoms with Gasteiger partial charge in [-0.2, -0.15) is 0 Å². The zero-order chi connectivity index (χ0) is 14.4. The Morgan fingerprint density at radius 3 is 2.55 bits per heavy atom. The molecule has 1 saturated carbocycles. The molecule has 1 aliphatic carbocycles. The predicted molar refractivity (Wildman–Crippen MR) is 91.0 cm³/mol. The van der Waals surface area contributed by atoms with E-state index in [1.54, 1.807) is 6.07 Å². The molecule has 0 radical (unpaired) electrons. The van der Waals surface area contributed by atoms with Gasteiger partial charge in [0, 0.05) is 12.1 Å². The second kappa shape index (κ2) is 5.40. The largest absolute Gasteiger partial charge is 0.331 e. The summed E-state index contributed by atoms with van der Waals surface area (Å²) < 4.78 is 17.4. The maximum absolute atomic E-state index is 13.9. The topological polar surface area (TPSA) is 20.7 Å². The number of rotatable bonds is 1. The molecule has 2 nitrogen and oxygen atoms in total. The number of hydrogen-bond donors (Lipinski definition) is 1. The predicted octanol–water partition coefficient (Wildman–Crippen LogP) is 5.44. The van der Waals surface area contributed by atoms with Crippen LogP contribution in [-0.2, 0) is 0 Å². The van der Waals surface area contributed by atoms with Gasteiger partial charge in [-0.05, 0) is 72.0 Å². The van der Waals surface area contributed by atoms with Crippen molar-refractivity contribution in [1.82, 2.24) is 9.55 Å². The highest BCUT2D eigenvalue weighted by Gasteiger charge is 2.27. The fourth-order valence-corrected chi connectivity index (χ4v) is 4.42. The molecule has 1 heterocycles. The quantitative estimate of drug-likeness (QED) is 0.496. The van der Waals surface area contributed by atoms with Gasteiger partial charge in [0.25, 0.3) is 0 Å². The third-order valence-electron chi connectivity index (χ3n) is 4.28. The van der Waals surface area contributed by atoms with Crippen molar-refractivity contribution < 1.29 is 4.39 Å². The molecule has 2 unspecified atom stereocenters. The number of hydrogen-bond acceptors (Lipinski definition) is 1. The standard InChI is InChI=1S/C15H18FIN2S/c1-8-3-9(2)5-10(4-8)19-14-6-11(16)12(17)7-13(14)18-15(19)20/h6-10H,3-5H2,1-2H3,(H,18,20). The molecule has 2 atom stereocenters. The van der Waals surface area contributed by atoms with E-state index in [9.17, 15) is 4.39 Å². The summed E-state index contributed by atoms with van der Waals surface area (Å²) in [7, 11) is 0. The van der Waals surface area contributed by atoms with Gasteiger partial charge in [0.2, 0.25) is 0 Å². The van der Waals surface area contributed by atoms with E-state index in [4.69, 9.17) is 12.2 Å². The summed E-state index contributed by atoms with van der Waals surface area (Å²) in [4.78, 5) is 3.23. The SMILES string of the molecule is CC1CC(C)CC(n2c(=S)[nH]c3cc(I)c(F)cc32)C1. The molecule has 5 heteroatoms. The van der Waals surface area contributed by atoms with E-state index < -0.39 is 0 Å².